The molecule has 13 heteroatoms. The zero-order valence-corrected chi connectivity index (χ0v) is 21.8. The molecule has 1 aromatic carbocycles. The van der Waals surface area contributed by atoms with Crippen LogP contribution in [0.4, 0.5) is 0 Å². The molecule has 0 spiro atoms. The van der Waals surface area contributed by atoms with Gasteiger partial charge in [0.1, 0.15) is 18.1 Å². The molecule has 0 aliphatic heterocycles. The molecule has 1 aromatic rings. The third kappa shape index (κ3) is 12.6. The number of carbonyl (C=O) groups excluding carboxylic acids is 4. The van der Waals surface area contributed by atoms with Crippen molar-refractivity contribution >= 4 is 41.4 Å². The number of hydrogen-bond donors (Lipinski definition) is 7. The Morgan fingerprint density at radius 1 is 0.892 bits per heavy atom. The highest BCUT2D eigenvalue weighted by Gasteiger charge is 2.31. The molecule has 0 fully saturated rings. The first-order valence-electron chi connectivity index (χ1n) is 12.0. The fourth-order valence-corrected chi connectivity index (χ4v) is 3.92. The second-order valence-corrected chi connectivity index (χ2v) is 9.54. The predicted octanol–water partition coefficient (Wildman–Crippen LogP) is -1.15. The summed E-state index contributed by atoms with van der Waals surface area (Å²) < 4.78 is 0. The normalized spacial score (nSPS) is 14.0. The van der Waals surface area contributed by atoms with Gasteiger partial charge in [-0.25, -0.2) is 4.79 Å². The Labute approximate surface area is 220 Å². The monoisotopic (exact) mass is 538 g/mol. The lowest BCUT2D eigenvalue weighted by atomic mass is 10.0. The van der Waals surface area contributed by atoms with E-state index < -0.39 is 60.2 Å². The van der Waals surface area contributed by atoms with Crippen molar-refractivity contribution in [3.05, 3.63) is 35.9 Å². The summed E-state index contributed by atoms with van der Waals surface area (Å²) >= 11 is 1.44. The van der Waals surface area contributed by atoms with Gasteiger partial charge in [-0.1, -0.05) is 30.3 Å². The Morgan fingerprint density at radius 2 is 1.49 bits per heavy atom. The largest absolute Gasteiger partial charge is 0.480 e. The molecule has 0 bridgehead atoms. The molecule has 37 heavy (non-hydrogen) atoms. The van der Waals surface area contributed by atoms with E-state index in [1.807, 2.05) is 12.3 Å². The fraction of sp³-hybridized carbons (Fsp3) is 0.542. The average Bonchev–Trinajstić information content (AvgIpc) is 2.85. The smallest absolute Gasteiger partial charge is 0.326 e. The summed E-state index contributed by atoms with van der Waals surface area (Å²) in [5, 5.41) is 16.8. The maximum Gasteiger partial charge on any atom is 0.326 e. The predicted molar refractivity (Wildman–Crippen MR) is 141 cm³/mol. The maximum absolute atomic E-state index is 13.0. The topological polar surface area (TPSA) is 220 Å². The number of rotatable bonds is 18. The van der Waals surface area contributed by atoms with E-state index >= 15 is 0 Å². The number of thioether (sulfide) groups is 1. The van der Waals surface area contributed by atoms with Gasteiger partial charge >= 0.3 is 5.97 Å². The van der Waals surface area contributed by atoms with Crippen LogP contribution in [0.15, 0.2) is 30.3 Å². The van der Waals surface area contributed by atoms with Gasteiger partial charge in [0.2, 0.25) is 23.6 Å². The van der Waals surface area contributed by atoms with E-state index in [0.29, 0.717) is 25.1 Å². The molecule has 4 unspecified atom stereocenters. The number of primary amides is 1. The van der Waals surface area contributed by atoms with Gasteiger partial charge in [-0.05, 0) is 56.2 Å². The zero-order valence-electron chi connectivity index (χ0n) is 21.0. The highest BCUT2D eigenvalue weighted by molar-refractivity contribution is 7.98. The minimum atomic E-state index is -1.37. The lowest BCUT2D eigenvalue weighted by Crippen LogP contribution is -2.58. The van der Waals surface area contributed by atoms with E-state index in [4.69, 9.17) is 17.2 Å². The first-order valence-corrected chi connectivity index (χ1v) is 13.4. The van der Waals surface area contributed by atoms with Crippen LogP contribution in [0.25, 0.3) is 0 Å². The van der Waals surface area contributed by atoms with Crippen LogP contribution < -0.4 is 33.2 Å². The SMILES string of the molecule is CSCCC(NC(=O)C(CCCCN)NC(=O)C(CC(N)=O)NC(=O)C(N)Cc1ccccc1)C(=O)O. The van der Waals surface area contributed by atoms with E-state index in [-0.39, 0.29) is 19.3 Å². The number of amides is 4. The number of benzene rings is 1. The van der Waals surface area contributed by atoms with Gasteiger partial charge in [0.05, 0.1) is 12.5 Å². The minimum absolute atomic E-state index is 0.175. The van der Waals surface area contributed by atoms with Gasteiger partial charge in [0.15, 0.2) is 0 Å². The van der Waals surface area contributed by atoms with E-state index in [1.165, 1.54) is 11.8 Å². The van der Waals surface area contributed by atoms with Crippen molar-refractivity contribution in [3.8, 4) is 0 Å². The standard InChI is InChI=1S/C24H38N6O6S/c1-37-12-10-18(24(35)36)29-22(33)17(9-5-6-11-25)28-23(34)19(14-20(27)31)30-21(32)16(26)13-15-7-3-2-4-8-15/h2-4,7-8,16-19H,5-6,9-14,25-26H2,1H3,(H2,27,31)(H,28,34)(H,29,33)(H,30,32)(H,35,36). The summed E-state index contributed by atoms with van der Waals surface area (Å²) in [4.78, 5) is 61.8. The summed E-state index contributed by atoms with van der Waals surface area (Å²) in [6.07, 6.45) is 2.93. The Bertz CT molecular complexity index is 903. The molecule has 10 N–H and O–H groups in total. The van der Waals surface area contributed by atoms with Gasteiger partial charge in [0, 0.05) is 0 Å². The first-order chi connectivity index (χ1) is 17.6. The van der Waals surface area contributed by atoms with Crippen molar-refractivity contribution < 1.29 is 29.1 Å². The van der Waals surface area contributed by atoms with Crippen LogP contribution in [-0.4, -0.2) is 77.4 Å². The summed E-state index contributed by atoms with van der Waals surface area (Å²) in [7, 11) is 0. The maximum atomic E-state index is 13.0. The van der Waals surface area contributed by atoms with Crippen molar-refractivity contribution in [3.63, 3.8) is 0 Å². The highest BCUT2D eigenvalue weighted by atomic mass is 32.2. The van der Waals surface area contributed by atoms with Crippen LogP contribution in [0.2, 0.25) is 0 Å². The highest BCUT2D eigenvalue weighted by Crippen LogP contribution is 2.07. The molecule has 0 heterocycles. The third-order valence-corrected chi connectivity index (χ3v) is 6.12. The number of carboxylic acid groups (broad SMARTS) is 1. The van der Waals surface area contributed by atoms with Gasteiger partial charge in [-0.15, -0.1) is 0 Å². The lowest BCUT2D eigenvalue weighted by molar-refractivity contribution is -0.142. The molecule has 0 aromatic heterocycles. The van der Waals surface area contributed by atoms with Crippen LogP contribution in [-0.2, 0) is 30.4 Å². The van der Waals surface area contributed by atoms with Crippen LogP contribution in [0.5, 0.6) is 0 Å². The lowest BCUT2D eigenvalue weighted by Gasteiger charge is -2.25. The minimum Gasteiger partial charge on any atom is -0.480 e. The number of nitrogens with one attached hydrogen (secondary N) is 3. The van der Waals surface area contributed by atoms with E-state index in [1.54, 1.807) is 24.3 Å². The number of unbranched alkanes of at least 4 members (excludes halogenated alkanes) is 1. The molecule has 4 atom stereocenters. The van der Waals surface area contributed by atoms with Gasteiger partial charge in [0.25, 0.3) is 0 Å². The molecule has 4 amide bonds. The fourth-order valence-electron chi connectivity index (χ4n) is 3.45. The van der Waals surface area contributed by atoms with Crippen LogP contribution in [0.1, 0.15) is 37.7 Å². The van der Waals surface area contributed by atoms with Gasteiger partial charge in [-0.2, -0.15) is 11.8 Å². The third-order valence-electron chi connectivity index (χ3n) is 5.48. The molecular formula is C24H38N6O6S. The number of carbonyl (C=O) groups is 5. The van der Waals surface area contributed by atoms with E-state index in [0.717, 1.165) is 5.56 Å². The van der Waals surface area contributed by atoms with Crippen molar-refractivity contribution in [1.82, 2.24) is 16.0 Å². The molecular weight excluding hydrogens is 500 g/mol. The second-order valence-electron chi connectivity index (χ2n) is 8.55. The molecule has 206 valence electrons. The van der Waals surface area contributed by atoms with Crippen molar-refractivity contribution in [1.29, 1.82) is 0 Å². The average molecular weight is 539 g/mol. The zero-order chi connectivity index (χ0) is 27.8. The number of nitrogens with two attached hydrogens (primary N) is 3. The molecule has 0 radical (unpaired) electrons. The van der Waals surface area contributed by atoms with Crippen molar-refractivity contribution in [2.75, 3.05) is 18.6 Å². The Balaban J connectivity index is 2.95. The summed E-state index contributed by atoms with van der Waals surface area (Å²) in [5.74, 6) is -3.70. The summed E-state index contributed by atoms with van der Waals surface area (Å²) in [6, 6.07) is 4.41. The summed E-state index contributed by atoms with van der Waals surface area (Å²) in [5.41, 5.74) is 17.6. The van der Waals surface area contributed by atoms with Crippen LogP contribution in [0, 0.1) is 0 Å². The first kappa shape index (κ1) is 31.9. The van der Waals surface area contributed by atoms with E-state index in [2.05, 4.69) is 16.0 Å². The quantitative estimate of drug-likeness (QED) is 0.112. The van der Waals surface area contributed by atoms with E-state index in [9.17, 15) is 29.1 Å². The molecule has 0 saturated carbocycles. The van der Waals surface area contributed by atoms with Gasteiger partial charge < -0.3 is 38.3 Å². The molecule has 0 aliphatic carbocycles. The van der Waals surface area contributed by atoms with Gasteiger partial charge in [-0.3, -0.25) is 19.2 Å². The number of hydrogen-bond acceptors (Lipinski definition) is 8. The number of aliphatic carboxylic acids is 1. The van der Waals surface area contributed by atoms with Crippen LogP contribution >= 0.6 is 11.8 Å². The Morgan fingerprint density at radius 3 is 2.05 bits per heavy atom. The molecule has 0 saturated heterocycles. The van der Waals surface area contributed by atoms with Crippen LogP contribution in [0.3, 0.4) is 0 Å². The van der Waals surface area contributed by atoms with Crippen molar-refractivity contribution in [2.24, 2.45) is 17.2 Å². The number of carboxylic acids is 1. The second kappa shape index (κ2) is 17.3. The molecule has 1 rings (SSSR count). The Hall–Kier alpha value is -3.16. The molecule has 12 nitrogen and oxygen atoms in total. The van der Waals surface area contributed by atoms with Crippen molar-refractivity contribution in [2.45, 2.75) is 62.7 Å². The Kier molecular flexibility index (Phi) is 14.9. The summed E-state index contributed by atoms with van der Waals surface area (Å²) in [6.45, 7) is 0.368. The molecule has 0 aliphatic rings.